The Labute approximate surface area is 107 Å². The van der Waals surface area contributed by atoms with Crippen LogP contribution in [0.4, 0.5) is 0 Å². The van der Waals surface area contributed by atoms with Crippen LogP contribution in [0.2, 0.25) is 0 Å². The minimum absolute atomic E-state index is 0.744. The van der Waals surface area contributed by atoms with E-state index in [-0.39, 0.29) is 0 Å². The van der Waals surface area contributed by atoms with Crippen LogP contribution in [0.15, 0.2) is 12.7 Å². The van der Waals surface area contributed by atoms with Crippen molar-refractivity contribution in [1.29, 1.82) is 0 Å². The van der Waals surface area contributed by atoms with Gasteiger partial charge >= 0.3 is 0 Å². The van der Waals surface area contributed by atoms with Crippen LogP contribution in [0.5, 0.6) is 0 Å². The molecule has 0 aliphatic carbocycles. The lowest BCUT2D eigenvalue weighted by molar-refractivity contribution is 0.153. The predicted octanol–water partition coefficient (Wildman–Crippen LogP) is 2.15. The van der Waals surface area contributed by atoms with Gasteiger partial charge in [-0.25, -0.2) is 0 Å². The molecule has 0 aromatic carbocycles. The monoisotopic (exact) mass is 242 g/mol. The summed E-state index contributed by atoms with van der Waals surface area (Å²) in [6, 6.07) is 0. The zero-order chi connectivity index (χ0) is 12.9. The Kier molecular flexibility index (Phi) is 11.8. The van der Waals surface area contributed by atoms with Gasteiger partial charge in [-0.2, -0.15) is 0 Å². The first-order valence-corrected chi connectivity index (χ1v) is 6.73. The van der Waals surface area contributed by atoms with E-state index in [1.807, 2.05) is 6.08 Å². The van der Waals surface area contributed by atoms with Crippen LogP contribution >= 0.6 is 0 Å². The van der Waals surface area contributed by atoms with Gasteiger partial charge in [0.25, 0.3) is 0 Å². The first-order chi connectivity index (χ1) is 8.20. The van der Waals surface area contributed by atoms with Crippen LogP contribution in [-0.2, 0) is 4.74 Å². The largest absolute Gasteiger partial charge is 0.383 e. The Morgan fingerprint density at radius 2 is 2.06 bits per heavy atom. The van der Waals surface area contributed by atoms with Crippen molar-refractivity contribution in [2.75, 3.05) is 46.4 Å². The average Bonchev–Trinajstić information content (AvgIpc) is 2.29. The van der Waals surface area contributed by atoms with Crippen LogP contribution in [0, 0.1) is 5.92 Å². The van der Waals surface area contributed by atoms with Crippen molar-refractivity contribution in [3.8, 4) is 0 Å². The summed E-state index contributed by atoms with van der Waals surface area (Å²) >= 11 is 0. The molecule has 0 radical (unpaired) electrons. The first kappa shape index (κ1) is 16.6. The summed E-state index contributed by atoms with van der Waals surface area (Å²) in [7, 11) is 1.75. The van der Waals surface area contributed by atoms with Crippen LogP contribution in [-0.4, -0.2) is 51.3 Å². The zero-order valence-corrected chi connectivity index (χ0v) is 11.9. The Morgan fingerprint density at radius 1 is 1.29 bits per heavy atom. The highest BCUT2D eigenvalue weighted by Crippen LogP contribution is 1.96. The molecule has 3 nitrogen and oxygen atoms in total. The molecule has 0 aromatic heterocycles. The van der Waals surface area contributed by atoms with E-state index in [2.05, 4.69) is 30.6 Å². The predicted molar refractivity (Wildman–Crippen MR) is 75.5 cm³/mol. The zero-order valence-electron chi connectivity index (χ0n) is 11.9. The smallest absolute Gasteiger partial charge is 0.0589 e. The third kappa shape index (κ3) is 11.9. The highest BCUT2D eigenvalue weighted by atomic mass is 16.5. The number of rotatable bonds is 12. The lowest BCUT2D eigenvalue weighted by atomic mass is 10.2. The van der Waals surface area contributed by atoms with Crippen molar-refractivity contribution in [2.24, 2.45) is 5.92 Å². The Balaban J connectivity index is 3.43. The van der Waals surface area contributed by atoms with Crippen molar-refractivity contribution in [3.05, 3.63) is 12.7 Å². The lowest BCUT2D eigenvalue weighted by Gasteiger charge is -2.20. The molecule has 0 unspecified atom stereocenters. The summed E-state index contributed by atoms with van der Waals surface area (Å²) < 4.78 is 5.10. The summed E-state index contributed by atoms with van der Waals surface area (Å²) in [5.74, 6) is 0.744. The van der Waals surface area contributed by atoms with Crippen molar-refractivity contribution < 1.29 is 4.74 Å². The van der Waals surface area contributed by atoms with E-state index in [4.69, 9.17) is 4.74 Å². The highest BCUT2D eigenvalue weighted by molar-refractivity contribution is 4.73. The standard InChI is InChI=1S/C14H30N2O/c1-5-9-16(11-12-17-4)10-7-6-8-15-13-14(2)3/h5,14-15H,1,6-13H2,2-4H3. The second kappa shape index (κ2) is 12.1. The molecule has 0 aromatic rings. The van der Waals surface area contributed by atoms with Crippen LogP contribution < -0.4 is 5.32 Å². The molecular formula is C14H30N2O. The van der Waals surface area contributed by atoms with Gasteiger partial charge in [-0.1, -0.05) is 19.9 Å². The molecule has 0 aliphatic rings. The SMILES string of the molecule is C=CCN(CCCCNCC(C)C)CCOC. The average molecular weight is 242 g/mol. The van der Waals surface area contributed by atoms with E-state index in [9.17, 15) is 0 Å². The number of hydrogen-bond acceptors (Lipinski definition) is 3. The van der Waals surface area contributed by atoms with Crippen molar-refractivity contribution >= 4 is 0 Å². The van der Waals surface area contributed by atoms with Gasteiger partial charge in [0.05, 0.1) is 6.61 Å². The van der Waals surface area contributed by atoms with Crippen molar-refractivity contribution in [1.82, 2.24) is 10.2 Å². The van der Waals surface area contributed by atoms with Gasteiger partial charge in [0.2, 0.25) is 0 Å². The highest BCUT2D eigenvalue weighted by Gasteiger charge is 2.01. The number of nitrogens with zero attached hydrogens (tertiary/aromatic N) is 1. The summed E-state index contributed by atoms with van der Waals surface area (Å²) in [6.45, 7) is 14.4. The van der Waals surface area contributed by atoms with Crippen LogP contribution in [0.25, 0.3) is 0 Å². The third-order valence-electron chi connectivity index (χ3n) is 2.63. The summed E-state index contributed by atoms with van der Waals surface area (Å²) in [4.78, 5) is 2.39. The number of unbranched alkanes of at least 4 members (excludes halogenated alkanes) is 1. The van der Waals surface area contributed by atoms with E-state index in [1.54, 1.807) is 7.11 Å². The van der Waals surface area contributed by atoms with Crippen molar-refractivity contribution in [3.63, 3.8) is 0 Å². The molecule has 0 bridgehead atoms. The second-order valence-corrected chi connectivity index (χ2v) is 4.89. The molecule has 0 saturated heterocycles. The lowest BCUT2D eigenvalue weighted by Crippen LogP contribution is -2.29. The van der Waals surface area contributed by atoms with E-state index in [0.29, 0.717) is 0 Å². The fourth-order valence-corrected chi connectivity index (χ4v) is 1.67. The number of hydrogen-bond donors (Lipinski definition) is 1. The Morgan fingerprint density at radius 3 is 2.65 bits per heavy atom. The Bertz CT molecular complexity index is 172. The van der Waals surface area contributed by atoms with Gasteiger partial charge < -0.3 is 10.1 Å². The van der Waals surface area contributed by atoms with E-state index in [1.165, 1.54) is 12.8 Å². The topological polar surface area (TPSA) is 24.5 Å². The molecule has 0 aliphatic heterocycles. The summed E-state index contributed by atoms with van der Waals surface area (Å²) in [5, 5.41) is 3.47. The minimum Gasteiger partial charge on any atom is -0.383 e. The maximum absolute atomic E-state index is 5.10. The van der Waals surface area contributed by atoms with E-state index in [0.717, 1.165) is 45.2 Å². The molecule has 0 amide bonds. The van der Waals surface area contributed by atoms with Gasteiger partial charge in [0.1, 0.15) is 0 Å². The third-order valence-corrected chi connectivity index (χ3v) is 2.63. The molecule has 0 fully saturated rings. The van der Waals surface area contributed by atoms with Crippen molar-refractivity contribution in [2.45, 2.75) is 26.7 Å². The molecule has 17 heavy (non-hydrogen) atoms. The van der Waals surface area contributed by atoms with Gasteiger partial charge in [0.15, 0.2) is 0 Å². The fourth-order valence-electron chi connectivity index (χ4n) is 1.67. The Hall–Kier alpha value is -0.380. The van der Waals surface area contributed by atoms with E-state index < -0.39 is 0 Å². The van der Waals surface area contributed by atoms with Gasteiger partial charge in [-0.15, -0.1) is 6.58 Å². The van der Waals surface area contributed by atoms with Crippen LogP contribution in [0.3, 0.4) is 0 Å². The first-order valence-electron chi connectivity index (χ1n) is 6.73. The molecule has 0 spiro atoms. The molecular weight excluding hydrogens is 212 g/mol. The van der Waals surface area contributed by atoms with Gasteiger partial charge in [-0.05, 0) is 38.4 Å². The maximum atomic E-state index is 5.10. The summed E-state index contributed by atoms with van der Waals surface area (Å²) in [6.07, 6.45) is 4.45. The maximum Gasteiger partial charge on any atom is 0.0589 e. The number of methoxy groups -OCH3 is 1. The minimum atomic E-state index is 0.744. The quantitative estimate of drug-likeness (QED) is 0.419. The van der Waals surface area contributed by atoms with Gasteiger partial charge in [-0.3, -0.25) is 4.90 Å². The second-order valence-electron chi connectivity index (χ2n) is 4.89. The molecule has 102 valence electrons. The molecule has 1 N–H and O–H groups in total. The number of nitrogens with one attached hydrogen (secondary N) is 1. The molecule has 3 heteroatoms. The molecule has 0 atom stereocenters. The number of ether oxygens (including phenoxy) is 1. The fraction of sp³-hybridized carbons (Fsp3) is 0.857. The summed E-state index contributed by atoms with van der Waals surface area (Å²) in [5.41, 5.74) is 0. The molecule has 0 rings (SSSR count). The van der Waals surface area contributed by atoms with Crippen LogP contribution in [0.1, 0.15) is 26.7 Å². The normalized spacial score (nSPS) is 11.4. The van der Waals surface area contributed by atoms with Gasteiger partial charge in [0, 0.05) is 20.2 Å². The van der Waals surface area contributed by atoms with E-state index >= 15 is 0 Å². The molecule has 0 heterocycles. The molecule has 0 saturated carbocycles.